The molecule has 0 N–H and O–H groups in total. The van der Waals surface area contributed by atoms with Gasteiger partial charge in [-0.15, -0.1) is 0 Å². The summed E-state index contributed by atoms with van der Waals surface area (Å²) in [6.07, 6.45) is 0. The largest absolute Gasteiger partial charge is 0.0622 e. The molecule has 0 fully saturated rings. The Morgan fingerprint density at radius 1 is 0.500 bits per heavy atom. The first kappa shape index (κ1) is 24.5. The van der Waals surface area contributed by atoms with Crippen LogP contribution >= 0.6 is 16.5 Å². The Bertz CT molecular complexity index is 866. The molecule has 156 valence electrons. The summed E-state index contributed by atoms with van der Waals surface area (Å²) in [6, 6.07) is 42.9. The average Bonchev–Trinajstić information content (AvgIpc) is 2.77. The predicted octanol–water partition coefficient (Wildman–Crippen LogP) is 5.84. The fourth-order valence-electron chi connectivity index (χ4n) is 3.13. The SMILES string of the molecule is CC(C)P(c1ccccc1)c1ccccc1.[Ni].c1ccc(Pc2ccccc2)cc1. The Morgan fingerprint density at radius 3 is 1.10 bits per heavy atom. The van der Waals surface area contributed by atoms with Gasteiger partial charge in [0.1, 0.15) is 0 Å². The number of rotatable bonds is 5. The molecule has 3 heteroatoms. The fourth-order valence-corrected chi connectivity index (χ4v) is 6.66. The van der Waals surface area contributed by atoms with Crippen molar-refractivity contribution < 1.29 is 16.5 Å². The van der Waals surface area contributed by atoms with E-state index in [2.05, 4.69) is 135 Å². The van der Waals surface area contributed by atoms with E-state index in [0.29, 0.717) is 5.66 Å². The predicted molar refractivity (Wildman–Crippen MR) is 135 cm³/mol. The van der Waals surface area contributed by atoms with Crippen LogP contribution < -0.4 is 21.2 Å². The van der Waals surface area contributed by atoms with Gasteiger partial charge in [0, 0.05) is 16.5 Å². The number of hydrogen-bond donors (Lipinski definition) is 0. The van der Waals surface area contributed by atoms with Gasteiger partial charge in [-0.1, -0.05) is 144 Å². The minimum atomic E-state index is -0.210. The zero-order valence-corrected chi connectivity index (χ0v) is 20.3. The van der Waals surface area contributed by atoms with E-state index in [9.17, 15) is 0 Å². The van der Waals surface area contributed by atoms with Crippen LogP contribution in [0.15, 0.2) is 121 Å². The standard InChI is InChI=1S/C15H17P.C12H11P.Ni/c1-13(2)16(14-9-5-3-6-10-14)15-11-7-4-8-12-15;1-3-7-11(8-4-1)13-12-9-5-2-6-10-12;/h3-13H,1-2H3;1-10,13H;. The third-order valence-corrected chi connectivity index (χ3v) is 8.41. The Hall–Kier alpha value is -1.77. The smallest absolute Gasteiger partial charge is 0 e. The molecular weight excluding hydrogens is 445 g/mol. The van der Waals surface area contributed by atoms with E-state index in [4.69, 9.17) is 0 Å². The maximum atomic E-state index is 2.31. The molecule has 0 heterocycles. The zero-order chi connectivity index (χ0) is 20.3. The van der Waals surface area contributed by atoms with Gasteiger partial charge in [0.25, 0.3) is 0 Å². The third kappa shape index (κ3) is 7.81. The molecule has 0 aliphatic heterocycles. The van der Waals surface area contributed by atoms with E-state index < -0.39 is 0 Å². The summed E-state index contributed by atoms with van der Waals surface area (Å²) in [4.78, 5) is 0. The molecule has 0 amide bonds. The molecule has 4 aromatic rings. The number of benzene rings is 4. The molecule has 4 rings (SSSR count). The molecule has 4 aromatic carbocycles. The van der Waals surface area contributed by atoms with Crippen molar-refractivity contribution in [3.8, 4) is 0 Å². The van der Waals surface area contributed by atoms with Crippen molar-refractivity contribution in [1.29, 1.82) is 0 Å². The summed E-state index contributed by atoms with van der Waals surface area (Å²) in [7, 11) is 0.567. The van der Waals surface area contributed by atoms with Crippen LogP contribution in [0.25, 0.3) is 0 Å². The quantitative estimate of drug-likeness (QED) is 0.253. The zero-order valence-electron chi connectivity index (χ0n) is 17.4. The van der Waals surface area contributed by atoms with E-state index >= 15 is 0 Å². The Balaban J connectivity index is 0.000000211. The number of hydrogen-bond acceptors (Lipinski definition) is 0. The van der Waals surface area contributed by atoms with Gasteiger partial charge in [0.05, 0.1) is 0 Å². The average molecular weight is 473 g/mol. The first-order valence-corrected chi connectivity index (χ1v) is 12.4. The topological polar surface area (TPSA) is 0 Å². The van der Waals surface area contributed by atoms with E-state index in [-0.39, 0.29) is 24.4 Å². The van der Waals surface area contributed by atoms with Crippen molar-refractivity contribution in [2.45, 2.75) is 19.5 Å². The second kappa shape index (κ2) is 13.5. The maximum absolute atomic E-state index is 2.31. The van der Waals surface area contributed by atoms with Gasteiger partial charge >= 0.3 is 0 Å². The van der Waals surface area contributed by atoms with E-state index in [1.807, 2.05) is 0 Å². The van der Waals surface area contributed by atoms with E-state index in [1.54, 1.807) is 0 Å². The maximum Gasteiger partial charge on any atom is 0 e. The van der Waals surface area contributed by atoms with E-state index in [1.165, 1.54) is 21.2 Å². The second-order valence-electron chi connectivity index (χ2n) is 6.99. The molecule has 0 radical (unpaired) electrons. The molecule has 0 aromatic heterocycles. The van der Waals surface area contributed by atoms with Crippen molar-refractivity contribution in [3.05, 3.63) is 121 Å². The first-order valence-electron chi connectivity index (χ1n) is 10.0. The summed E-state index contributed by atoms with van der Waals surface area (Å²) in [6.45, 7) is 4.62. The van der Waals surface area contributed by atoms with Crippen molar-refractivity contribution in [2.75, 3.05) is 0 Å². The van der Waals surface area contributed by atoms with Crippen molar-refractivity contribution in [1.82, 2.24) is 0 Å². The molecule has 0 atom stereocenters. The van der Waals surface area contributed by atoms with Crippen molar-refractivity contribution in [2.24, 2.45) is 0 Å². The minimum absolute atomic E-state index is 0. The molecule has 0 saturated heterocycles. The van der Waals surface area contributed by atoms with Crippen LogP contribution in [0.3, 0.4) is 0 Å². The molecular formula is C27H28NiP2. The molecule has 0 unspecified atom stereocenters. The molecule has 0 nitrogen and oxygen atoms in total. The van der Waals surface area contributed by atoms with Crippen LogP contribution in [0, 0.1) is 0 Å². The van der Waals surface area contributed by atoms with Gasteiger partial charge in [-0.2, -0.15) is 0 Å². The van der Waals surface area contributed by atoms with Gasteiger partial charge in [-0.25, -0.2) is 0 Å². The summed E-state index contributed by atoms with van der Waals surface area (Å²) in [5.74, 6) is 0. The van der Waals surface area contributed by atoms with Crippen LogP contribution in [0.1, 0.15) is 13.8 Å². The summed E-state index contributed by atoms with van der Waals surface area (Å²) >= 11 is 0. The van der Waals surface area contributed by atoms with Gasteiger partial charge < -0.3 is 0 Å². The van der Waals surface area contributed by atoms with Crippen LogP contribution in [-0.4, -0.2) is 5.66 Å². The molecule has 0 aliphatic carbocycles. The van der Waals surface area contributed by atoms with Crippen LogP contribution in [-0.2, 0) is 16.5 Å². The van der Waals surface area contributed by atoms with Gasteiger partial charge in [0.15, 0.2) is 0 Å². The fraction of sp³-hybridized carbons (Fsp3) is 0.111. The summed E-state index contributed by atoms with van der Waals surface area (Å²) < 4.78 is 0. The molecule has 0 aliphatic rings. The van der Waals surface area contributed by atoms with Crippen molar-refractivity contribution in [3.63, 3.8) is 0 Å². The third-order valence-electron chi connectivity index (χ3n) is 4.42. The molecule has 30 heavy (non-hydrogen) atoms. The molecule has 0 bridgehead atoms. The van der Waals surface area contributed by atoms with Gasteiger partial charge in [-0.3, -0.25) is 0 Å². The second-order valence-corrected chi connectivity index (χ2v) is 11.2. The summed E-state index contributed by atoms with van der Waals surface area (Å²) in [5, 5.41) is 5.74. The Kier molecular flexibility index (Phi) is 11.0. The Labute approximate surface area is 194 Å². The molecule has 0 spiro atoms. The van der Waals surface area contributed by atoms with Crippen molar-refractivity contribution >= 4 is 37.7 Å². The Morgan fingerprint density at radius 2 is 0.800 bits per heavy atom. The minimum Gasteiger partial charge on any atom is -0.0622 e. The van der Waals surface area contributed by atoms with E-state index in [0.717, 1.165) is 8.58 Å². The first-order chi connectivity index (χ1) is 14.2. The summed E-state index contributed by atoms with van der Waals surface area (Å²) in [5.41, 5.74) is 0.680. The monoisotopic (exact) mass is 472 g/mol. The molecule has 0 saturated carbocycles. The van der Waals surface area contributed by atoms with Crippen LogP contribution in [0.2, 0.25) is 0 Å². The van der Waals surface area contributed by atoms with Gasteiger partial charge in [-0.05, 0) is 34.8 Å². The van der Waals surface area contributed by atoms with Crippen LogP contribution in [0.5, 0.6) is 0 Å². The normalized spacial score (nSPS) is 10.1. The van der Waals surface area contributed by atoms with Crippen LogP contribution in [0.4, 0.5) is 0 Å². The van der Waals surface area contributed by atoms with Gasteiger partial charge in [0.2, 0.25) is 0 Å².